The fourth-order valence-corrected chi connectivity index (χ4v) is 2.86. The molecule has 1 fully saturated rings. The number of rotatable bonds is 3. The Morgan fingerprint density at radius 2 is 2.25 bits per heavy atom. The fraction of sp³-hybridized carbons (Fsp3) is 0.455. The van der Waals surface area contributed by atoms with Crippen LogP contribution >= 0.6 is 11.8 Å². The molecule has 2 N–H and O–H groups in total. The Morgan fingerprint density at radius 1 is 1.50 bits per heavy atom. The summed E-state index contributed by atoms with van der Waals surface area (Å²) in [7, 11) is 0. The van der Waals surface area contributed by atoms with Gasteiger partial charge in [0.25, 0.3) is 0 Å². The minimum Gasteiger partial charge on any atom is -0.478 e. The van der Waals surface area contributed by atoms with E-state index >= 15 is 0 Å². The SMILES string of the molecule is O=C(O)c1cnccc1NC1CCSCC1. The van der Waals surface area contributed by atoms with Crippen LogP contribution in [-0.2, 0) is 0 Å². The van der Waals surface area contributed by atoms with Crippen LogP contribution in [0.1, 0.15) is 23.2 Å². The number of carboxylic acid groups (broad SMARTS) is 1. The topological polar surface area (TPSA) is 62.2 Å². The highest BCUT2D eigenvalue weighted by Gasteiger charge is 2.16. The maximum atomic E-state index is 11.0. The van der Waals surface area contributed by atoms with Gasteiger partial charge in [-0.2, -0.15) is 11.8 Å². The molecule has 86 valence electrons. The Bertz CT molecular complexity index is 378. The second kappa shape index (κ2) is 5.21. The number of aromatic carboxylic acids is 1. The van der Waals surface area contributed by atoms with Crippen molar-refractivity contribution in [2.24, 2.45) is 0 Å². The van der Waals surface area contributed by atoms with Crippen LogP contribution in [0.15, 0.2) is 18.5 Å². The number of aromatic nitrogens is 1. The molecule has 4 nitrogen and oxygen atoms in total. The molecule has 1 saturated heterocycles. The summed E-state index contributed by atoms with van der Waals surface area (Å²) in [5.41, 5.74) is 0.931. The summed E-state index contributed by atoms with van der Waals surface area (Å²) < 4.78 is 0. The van der Waals surface area contributed by atoms with Crippen LogP contribution < -0.4 is 5.32 Å². The predicted octanol–water partition coefficient (Wildman–Crippen LogP) is 2.09. The van der Waals surface area contributed by atoms with Crippen molar-refractivity contribution >= 4 is 23.4 Å². The third kappa shape index (κ3) is 2.66. The van der Waals surface area contributed by atoms with E-state index in [2.05, 4.69) is 10.3 Å². The quantitative estimate of drug-likeness (QED) is 0.844. The largest absolute Gasteiger partial charge is 0.478 e. The first-order valence-electron chi connectivity index (χ1n) is 5.29. The van der Waals surface area contributed by atoms with Gasteiger partial charge in [0, 0.05) is 18.4 Å². The maximum Gasteiger partial charge on any atom is 0.339 e. The van der Waals surface area contributed by atoms with E-state index in [4.69, 9.17) is 5.11 Å². The summed E-state index contributed by atoms with van der Waals surface area (Å²) in [6, 6.07) is 2.12. The monoisotopic (exact) mass is 238 g/mol. The lowest BCUT2D eigenvalue weighted by molar-refractivity contribution is 0.0697. The van der Waals surface area contributed by atoms with E-state index in [-0.39, 0.29) is 5.56 Å². The normalized spacial score (nSPS) is 17.0. The van der Waals surface area contributed by atoms with Crippen molar-refractivity contribution in [3.63, 3.8) is 0 Å². The molecule has 0 bridgehead atoms. The molecule has 1 aromatic heterocycles. The van der Waals surface area contributed by atoms with E-state index < -0.39 is 5.97 Å². The van der Waals surface area contributed by atoms with Crippen LogP contribution in [-0.4, -0.2) is 33.6 Å². The van der Waals surface area contributed by atoms with Gasteiger partial charge < -0.3 is 10.4 Å². The molecule has 0 aliphatic carbocycles. The highest BCUT2D eigenvalue weighted by atomic mass is 32.2. The Balaban J connectivity index is 2.10. The van der Waals surface area contributed by atoms with Crippen LogP contribution in [0.3, 0.4) is 0 Å². The van der Waals surface area contributed by atoms with Crippen molar-refractivity contribution in [2.45, 2.75) is 18.9 Å². The average Bonchev–Trinajstić information content (AvgIpc) is 2.31. The molecule has 16 heavy (non-hydrogen) atoms. The van der Waals surface area contributed by atoms with E-state index in [9.17, 15) is 4.79 Å². The van der Waals surface area contributed by atoms with Crippen LogP contribution in [0.25, 0.3) is 0 Å². The number of carboxylic acids is 1. The highest BCUT2D eigenvalue weighted by Crippen LogP contribution is 2.22. The van der Waals surface area contributed by atoms with Gasteiger partial charge in [0.05, 0.1) is 5.69 Å². The fourth-order valence-electron chi connectivity index (χ4n) is 1.75. The van der Waals surface area contributed by atoms with E-state index in [1.807, 2.05) is 11.8 Å². The molecule has 1 aliphatic heterocycles. The zero-order valence-corrected chi connectivity index (χ0v) is 9.67. The molecule has 0 saturated carbocycles. The van der Waals surface area contributed by atoms with Crippen molar-refractivity contribution in [3.05, 3.63) is 24.0 Å². The molecular formula is C11H14N2O2S. The summed E-state index contributed by atoms with van der Waals surface area (Å²) in [6.45, 7) is 0. The molecule has 1 aromatic rings. The molecule has 2 heterocycles. The molecule has 0 aromatic carbocycles. The summed E-state index contributed by atoms with van der Waals surface area (Å²) in [6.07, 6.45) is 5.19. The molecule has 0 unspecified atom stereocenters. The lowest BCUT2D eigenvalue weighted by Crippen LogP contribution is -2.25. The molecule has 0 radical (unpaired) electrons. The molecule has 5 heteroatoms. The second-order valence-electron chi connectivity index (χ2n) is 3.76. The first-order chi connectivity index (χ1) is 7.77. The Kier molecular flexibility index (Phi) is 3.66. The molecule has 0 amide bonds. The average molecular weight is 238 g/mol. The lowest BCUT2D eigenvalue weighted by Gasteiger charge is -2.24. The minimum absolute atomic E-state index is 0.251. The van der Waals surface area contributed by atoms with Crippen LogP contribution in [0, 0.1) is 0 Å². The molecular weight excluding hydrogens is 224 g/mol. The van der Waals surface area contributed by atoms with Crippen molar-refractivity contribution in [1.82, 2.24) is 4.98 Å². The van der Waals surface area contributed by atoms with Crippen LogP contribution in [0.4, 0.5) is 5.69 Å². The number of carbonyl (C=O) groups is 1. The third-order valence-electron chi connectivity index (χ3n) is 2.63. The van der Waals surface area contributed by atoms with Gasteiger partial charge >= 0.3 is 5.97 Å². The smallest absolute Gasteiger partial charge is 0.339 e. The Hall–Kier alpha value is -1.23. The number of anilines is 1. The minimum atomic E-state index is -0.930. The lowest BCUT2D eigenvalue weighted by atomic mass is 10.1. The van der Waals surface area contributed by atoms with E-state index in [0.29, 0.717) is 11.7 Å². The summed E-state index contributed by atoms with van der Waals surface area (Å²) >= 11 is 1.95. The first-order valence-corrected chi connectivity index (χ1v) is 6.44. The van der Waals surface area contributed by atoms with E-state index in [1.165, 1.54) is 6.20 Å². The van der Waals surface area contributed by atoms with Gasteiger partial charge in [-0.05, 0) is 30.4 Å². The number of nitrogens with zero attached hydrogens (tertiary/aromatic N) is 1. The molecule has 1 aliphatic rings. The van der Waals surface area contributed by atoms with Crippen LogP contribution in [0.2, 0.25) is 0 Å². The van der Waals surface area contributed by atoms with Gasteiger partial charge in [-0.3, -0.25) is 4.98 Å². The third-order valence-corrected chi connectivity index (χ3v) is 3.68. The number of thioether (sulfide) groups is 1. The zero-order valence-electron chi connectivity index (χ0n) is 8.85. The van der Waals surface area contributed by atoms with Gasteiger partial charge in [0.2, 0.25) is 0 Å². The molecule has 2 rings (SSSR count). The van der Waals surface area contributed by atoms with Crippen molar-refractivity contribution in [2.75, 3.05) is 16.8 Å². The number of hydrogen-bond donors (Lipinski definition) is 2. The standard InChI is InChI=1S/C11H14N2O2S/c14-11(15)9-7-12-4-1-10(9)13-8-2-5-16-6-3-8/h1,4,7-8H,2-3,5-6H2,(H,12,13)(H,14,15). The summed E-state index contributed by atoms with van der Waals surface area (Å²) in [5.74, 6) is 1.36. The second-order valence-corrected chi connectivity index (χ2v) is 4.98. The van der Waals surface area contributed by atoms with Gasteiger partial charge in [-0.25, -0.2) is 4.79 Å². The first kappa shape index (κ1) is 11.3. The maximum absolute atomic E-state index is 11.0. The highest BCUT2D eigenvalue weighted by molar-refractivity contribution is 7.99. The Labute approximate surface area is 98.5 Å². The van der Waals surface area contributed by atoms with E-state index in [1.54, 1.807) is 12.3 Å². The number of hydrogen-bond acceptors (Lipinski definition) is 4. The van der Waals surface area contributed by atoms with Crippen molar-refractivity contribution in [1.29, 1.82) is 0 Å². The van der Waals surface area contributed by atoms with Gasteiger partial charge in [-0.1, -0.05) is 0 Å². The van der Waals surface area contributed by atoms with Gasteiger partial charge in [0.1, 0.15) is 5.56 Å². The predicted molar refractivity (Wildman–Crippen MR) is 65.2 cm³/mol. The number of pyridine rings is 1. The molecule has 0 atom stereocenters. The number of nitrogens with one attached hydrogen (secondary N) is 1. The van der Waals surface area contributed by atoms with Crippen molar-refractivity contribution < 1.29 is 9.90 Å². The van der Waals surface area contributed by atoms with Crippen molar-refractivity contribution in [3.8, 4) is 0 Å². The van der Waals surface area contributed by atoms with Crippen LogP contribution in [0.5, 0.6) is 0 Å². The molecule has 0 spiro atoms. The Morgan fingerprint density at radius 3 is 2.94 bits per heavy atom. The summed E-state index contributed by atoms with van der Waals surface area (Å²) in [4.78, 5) is 14.8. The summed E-state index contributed by atoms with van der Waals surface area (Å²) in [5, 5.41) is 12.3. The van der Waals surface area contributed by atoms with Gasteiger partial charge in [-0.15, -0.1) is 0 Å². The van der Waals surface area contributed by atoms with Gasteiger partial charge in [0.15, 0.2) is 0 Å². The zero-order chi connectivity index (χ0) is 11.4. The van der Waals surface area contributed by atoms with E-state index in [0.717, 1.165) is 24.3 Å².